The number of non-ortho nitro benzene ring substituents is 1. The number of aryl methyl sites for hydroxylation is 1. The summed E-state index contributed by atoms with van der Waals surface area (Å²) in [5, 5.41) is 16.1. The monoisotopic (exact) mass is 451 g/mol. The van der Waals surface area contributed by atoms with Crippen LogP contribution in [0.5, 0.6) is 0 Å². The quantitative estimate of drug-likeness (QED) is 0.387. The number of alkyl carbamates (subject to hydrolysis) is 1. The first kappa shape index (κ1) is 23.4. The highest BCUT2D eigenvalue weighted by atomic mass is 19.1. The lowest BCUT2D eigenvalue weighted by Gasteiger charge is -2.19. The molecular formula is C24H22FN3O5. The van der Waals surface area contributed by atoms with Gasteiger partial charge in [-0.15, -0.1) is 0 Å². The highest BCUT2D eigenvalue weighted by Crippen LogP contribution is 2.18. The zero-order valence-electron chi connectivity index (χ0n) is 17.8. The summed E-state index contributed by atoms with van der Waals surface area (Å²) in [6.07, 6.45) is -0.735. The number of carbonyl (C=O) groups excluding carboxylic acids is 2. The fraction of sp³-hybridized carbons (Fsp3) is 0.167. The van der Waals surface area contributed by atoms with Crippen LogP contribution >= 0.6 is 0 Å². The van der Waals surface area contributed by atoms with Crippen molar-refractivity contribution in [3.05, 3.63) is 105 Å². The maximum absolute atomic E-state index is 13.4. The Morgan fingerprint density at radius 1 is 1.03 bits per heavy atom. The van der Waals surface area contributed by atoms with E-state index in [1.807, 2.05) is 18.2 Å². The molecule has 2 amide bonds. The van der Waals surface area contributed by atoms with Crippen molar-refractivity contribution in [3.8, 4) is 0 Å². The van der Waals surface area contributed by atoms with Crippen LogP contribution < -0.4 is 10.6 Å². The minimum atomic E-state index is -1.04. The van der Waals surface area contributed by atoms with Crippen LogP contribution in [0.1, 0.15) is 16.7 Å². The summed E-state index contributed by atoms with van der Waals surface area (Å²) in [5.74, 6) is -0.977. The summed E-state index contributed by atoms with van der Waals surface area (Å²) in [7, 11) is 0. The maximum atomic E-state index is 13.4. The number of nitrogens with zero attached hydrogens (tertiary/aromatic N) is 1. The Labute approximate surface area is 189 Å². The van der Waals surface area contributed by atoms with Gasteiger partial charge in [0.05, 0.1) is 4.92 Å². The molecule has 0 fully saturated rings. The van der Waals surface area contributed by atoms with Crippen molar-refractivity contribution in [2.75, 3.05) is 5.32 Å². The lowest BCUT2D eigenvalue weighted by molar-refractivity contribution is -0.384. The van der Waals surface area contributed by atoms with E-state index in [1.54, 1.807) is 19.1 Å². The van der Waals surface area contributed by atoms with Gasteiger partial charge in [-0.25, -0.2) is 9.18 Å². The molecule has 33 heavy (non-hydrogen) atoms. The fourth-order valence-electron chi connectivity index (χ4n) is 3.09. The molecule has 8 nitrogen and oxygen atoms in total. The standard InChI is InChI=1S/C24H22FN3O5/c1-16-13-19(25)9-12-21(16)26-23(29)22(14-17-7-10-20(11-8-17)28(31)32)27-24(30)33-15-18-5-3-2-4-6-18/h2-13,22H,14-15H2,1H3,(H,26,29)(H,27,30)/t22-/m0/s1. The SMILES string of the molecule is Cc1cc(F)ccc1NC(=O)[C@H](Cc1ccc([N+](=O)[O-])cc1)NC(=O)OCc1ccccc1. The second kappa shape index (κ2) is 10.9. The van der Waals surface area contributed by atoms with E-state index >= 15 is 0 Å². The number of amides is 2. The van der Waals surface area contributed by atoms with E-state index in [-0.39, 0.29) is 18.7 Å². The van der Waals surface area contributed by atoms with Crippen LogP contribution in [0.25, 0.3) is 0 Å². The molecule has 0 aliphatic carbocycles. The first-order chi connectivity index (χ1) is 15.8. The van der Waals surface area contributed by atoms with Gasteiger partial charge >= 0.3 is 6.09 Å². The Balaban J connectivity index is 1.73. The largest absolute Gasteiger partial charge is 0.445 e. The number of carbonyl (C=O) groups is 2. The smallest absolute Gasteiger partial charge is 0.408 e. The molecule has 0 spiro atoms. The zero-order valence-corrected chi connectivity index (χ0v) is 17.8. The molecule has 0 heterocycles. The van der Waals surface area contributed by atoms with E-state index in [0.717, 1.165) is 5.56 Å². The highest BCUT2D eigenvalue weighted by Gasteiger charge is 2.23. The van der Waals surface area contributed by atoms with E-state index in [4.69, 9.17) is 4.74 Å². The summed E-state index contributed by atoms with van der Waals surface area (Å²) in [6, 6.07) is 17.6. The third kappa shape index (κ3) is 6.86. The Bertz CT molecular complexity index is 1140. The second-order valence-corrected chi connectivity index (χ2v) is 7.33. The summed E-state index contributed by atoms with van der Waals surface area (Å²) >= 11 is 0. The molecule has 1 atom stereocenters. The van der Waals surface area contributed by atoms with Gasteiger partial charge in [0.15, 0.2) is 0 Å². The number of nitro benzene ring substituents is 1. The second-order valence-electron chi connectivity index (χ2n) is 7.33. The van der Waals surface area contributed by atoms with E-state index in [2.05, 4.69) is 10.6 Å². The number of benzene rings is 3. The van der Waals surface area contributed by atoms with Crippen molar-refractivity contribution >= 4 is 23.4 Å². The molecule has 0 unspecified atom stereocenters. The van der Waals surface area contributed by atoms with Gasteiger partial charge in [-0.1, -0.05) is 42.5 Å². The molecule has 3 rings (SSSR count). The molecule has 3 aromatic carbocycles. The predicted molar refractivity (Wildman–Crippen MR) is 120 cm³/mol. The molecule has 0 aliphatic heterocycles. The third-order valence-corrected chi connectivity index (χ3v) is 4.85. The predicted octanol–water partition coefficient (Wildman–Crippen LogP) is 4.52. The maximum Gasteiger partial charge on any atom is 0.408 e. The van der Waals surface area contributed by atoms with Crippen LogP contribution in [0.3, 0.4) is 0 Å². The minimum absolute atomic E-state index is 0.0234. The fourth-order valence-corrected chi connectivity index (χ4v) is 3.09. The third-order valence-electron chi connectivity index (χ3n) is 4.85. The molecule has 2 N–H and O–H groups in total. The summed E-state index contributed by atoms with van der Waals surface area (Å²) < 4.78 is 18.6. The van der Waals surface area contributed by atoms with Crippen molar-refractivity contribution in [1.29, 1.82) is 0 Å². The number of hydrogen-bond acceptors (Lipinski definition) is 5. The summed E-state index contributed by atoms with van der Waals surface area (Å²) in [5.41, 5.74) is 2.21. The molecule has 9 heteroatoms. The molecule has 0 radical (unpaired) electrons. The first-order valence-electron chi connectivity index (χ1n) is 10.1. The van der Waals surface area contributed by atoms with Crippen LogP contribution in [-0.2, 0) is 22.6 Å². The Morgan fingerprint density at radius 3 is 2.36 bits per heavy atom. The lowest BCUT2D eigenvalue weighted by Crippen LogP contribution is -2.45. The van der Waals surface area contributed by atoms with Crippen LogP contribution in [0.15, 0.2) is 72.8 Å². The van der Waals surface area contributed by atoms with Crippen LogP contribution in [0.4, 0.5) is 20.6 Å². The average Bonchev–Trinajstić information content (AvgIpc) is 2.80. The normalized spacial score (nSPS) is 11.3. The Kier molecular flexibility index (Phi) is 7.69. The van der Waals surface area contributed by atoms with Gasteiger partial charge in [-0.3, -0.25) is 14.9 Å². The highest BCUT2D eigenvalue weighted by molar-refractivity contribution is 5.97. The molecule has 0 saturated heterocycles. The Hall–Kier alpha value is -4.27. The van der Waals surface area contributed by atoms with Crippen molar-refractivity contribution in [2.45, 2.75) is 26.0 Å². The molecule has 3 aromatic rings. The lowest BCUT2D eigenvalue weighted by atomic mass is 10.0. The number of hydrogen-bond donors (Lipinski definition) is 2. The number of halogens is 1. The number of nitrogens with one attached hydrogen (secondary N) is 2. The topological polar surface area (TPSA) is 111 Å². The number of nitro groups is 1. The van der Waals surface area contributed by atoms with Gasteiger partial charge in [-0.05, 0) is 41.8 Å². The van der Waals surface area contributed by atoms with Crippen molar-refractivity contribution < 1.29 is 23.6 Å². The first-order valence-corrected chi connectivity index (χ1v) is 10.1. The minimum Gasteiger partial charge on any atom is -0.445 e. The van der Waals surface area contributed by atoms with Gasteiger partial charge in [0, 0.05) is 24.2 Å². The van der Waals surface area contributed by atoms with E-state index in [1.165, 1.54) is 42.5 Å². The van der Waals surface area contributed by atoms with Gasteiger partial charge in [0.1, 0.15) is 18.5 Å². The molecule has 0 saturated carbocycles. The van der Waals surface area contributed by atoms with Gasteiger partial charge in [-0.2, -0.15) is 0 Å². The van der Waals surface area contributed by atoms with E-state index in [9.17, 15) is 24.1 Å². The van der Waals surface area contributed by atoms with Crippen molar-refractivity contribution in [1.82, 2.24) is 5.32 Å². The van der Waals surface area contributed by atoms with Crippen LogP contribution in [0, 0.1) is 22.9 Å². The Morgan fingerprint density at radius 2 is 1.73 bits per heavy atom. The van der Waals surface area contributed by atoms with Gasteiger partial charge < -0.3 is 15.4 Å². The molecular weight excluding hydrogens is 429 g/mol. The van der Waals surface area contributed by atoms with E-state index < -0.39 is 28.8 Å². The van der Waals surface area contributed by atoms with Gasteiger partial charge in [0.2, 0.25) is 5.91 Å². The number of ether oxygens (including phenoxy) is 1. The molecule has 0 aromatic heterocycles. The van der Waals surface area contributed by atoms with Crippen molar-refractivity contribution in [3.63, 3.8) is 0 Å². The zero-order chi connectivity index (χ0) is 23.8. The molecule has 170 valence electrons. The van der Waals surface area contributed by atoms with Gasteiger partial charge in [0.25, 0.3) is 5.69 Å². The van der Waals surface area contributed by atoms with Crippen molar-refractivity contribution in [2.24, 2.45) is 0 Å². The van der Waals surface area contributed by atoms with E-state index in [0.29, 0.717) is 16.8 Å². The molecule has 0 bridgehead atoms. The number of anilines is 1. The molecule has 0 aliphatic rings. The number of rotatable bonds is 8. The van der Waals surface area contributed by atoms with Crippen LogP contribution in [0.2, 0.25) is 0 Å². The summed E-state index contributed by atoms with van der Waals surface area (Å²) in [4.78, 5) is 35.7. The average molecular weight is 451 g/mol. The van der Waals surface area contributed by atoms with Crippen LogP contribution in [-0.4, -0.2) is 23.0 Å². The summed E-state index contributed by atoms with van der Waals surface area (Å²) in [6.45, 7) is 1.67.